The molecule has 1 rings (SSSR count). The molecule has 0 amide bonds. The second-order valence-electron chi connectivity index (χ2n) is 4.29. The Morgan fingerprint density at radius 3 is 2.78 bits per heavy atom. The molecule has 0 fully saturated rings. The van der Waals surface area contributed by atoms with Crippen molar-refractivity contribution in [1.29, 1.82) is 0 Å². The van der Waals surface area contributed by atoms with Crippen molar-refractivity contribution in [3.05, 3.63) is 34.1 Å². The molecule has 98 valence electrons. The van der Waals surface area contributed by atoms with E-state index in [0.29, 0.717) is 23.1 Å². The largest absolute Gasteiger partial charge is 0.360 e. The van der Waals surface area contributed by atoms with Crippen molar-refractivity contribution < 1.29 is 9.13 Å². The third-order valence-electron chi connectivity index (χ3n) is 2.44. The molecule has 18 heavy (non-hydrogen) atoms. The number of benzene rings is 1. The fraction of sp³-hybridized carbons (Fsp3) is 0.429. The fourth-order valence-electron chi connectivity index (χ4n) is 1.17. The van der Waals surface area contributed by atoms with Crippen molar-refractivity contribution in [2.75, 3.05) is 13.7 Å². The van der Waals surface area contributed by atoms with Gasteiger partial charge in [0.25, 0.3) is 0 Å². The summed E-state index contributed by atoms with van der Waals surface area (Å²) in [5.41, 5.74) is 0.328. The van der Waals surface area contributed by atoms with Gasteiger partial charge in [-0.25, -0.2) is 4.39 Å². The van der Waals surface area contributed by atoms with Crippen LogP contribution in [0.15, 0.2) is 22.7 Å². The molecule has 1 N–H and O–H groups in total. The van der Waals surface area contributed by atoms with Gasteiger partial charge in [0, 0.05) is 12.0 Å². The van der Waals surface area contributed by atoms with E-state index in [4.69, 9.17) is 4.74 Å². The summed E-state index contributed by atoms with van der Waals surface area (Å²) in [6.45, 7) is 4.44. The van der Waals surface area contributed by atoms with Crippen molar-refractivity contribution in [3.63, 3.8) is 0 Å². The number of nitrogens with one attached hydrogen (secondary N) is 1. The second-order valence-corrected chi connectivity index (χ2v) is 5.14. The van der Waals surface area contributed by atoms with Crippen LogP contribution in [-0.4, -0.2) is 19.4 Å². The summed E-state index contributed by atoms with van der Waals surface area (Å²) >= 11 is 3.10. The Labute approximate surface area is 116 Å². The summed E-state index contributed by atoms with van der Waals surface area (Å²) < 4.78 is 19.2. The van der Waals surface area contributed by atoms with Crippen LogP contribution >= 0.6 is 15.9 Å². The third kappa shape index (κ3) is 5.18. The van der Waals surface area contributed by atoms with Crippen LogP contribution in [-0.2, 0) is 4.74 Å². The van der Waals surface area contributed by atoms with E-state index >= 15 is 0 Å². The Morgan fingerprint density at radius 2 is 2.17 bits per heavy atom. The lowest BCUT2D eigenvalue weighted by Gasteiger charge is -2.23. The molecule has 0 spiro atoms. The van der Waals surface area contributed by atoms with Crippen LogP contribution in [0.1, 0.15) is 25.8 Å². The molecule has 0 saturated carbocycles. The maximum atomic E-state index is 13.2. The minimum Gasteiger partial charge on any atom is -0.360 e. The fourth-order valence-corrected chi connectivity index (χ4v) is 1.41. The molecule has 0 radical (unpaired) electrons. The minimum atomic E-state index is -0.342. The molecular weight excluding hydrogens is 297 g/mol. The van der Waals surface area contributed by atoms with Gasteiger partial charge >= 0.3 is 0 Å². The maximum Gasteiger partial charge on any atom is 0.138 e. The highest BCUT2D eigenvalue weighted by Crippen LogP contribution is 2.15. The first-order chi connectivity index (χ1) is 8.44. The summed E-state index contributed by atoms with van der Waals surface area (Å²) in [4.78, 5) is 0. The third-order valence-corrected chi connectivity index (χ3v) is 3.09. The van der Waals surface area contributed by atoms with Gasteiger partial charge in [-0.15, -0.1) is 0 Å². The lowest BCUT2D eigenvalue weighted by atomic mass is 10.2. The summed E-state index contributed by atoms with van der Waals surface area (Å²) in [6, 6.07) is 4.84. The van der Waals surface area contributed by atoms with Crippen molar-refractivity contribution in [2.24, 2.45) is 0 Å². The van der Waals surface area contributed by atoms with Gasteiger partial charge in [0.05, 0.1) is 11.1 Å². The topological polar surface area (TPSA) is 21.3 Å². The van der Waals surface area contributed by atoms with Crippen molar-refractivity contribution in [1.82, 2.24) is 5.32 Å². The minimum absolute atomic E-state index is 0.297. The van der Waals surface area contributed by atoms with Gasteiger partial charge in [-0.05, 0) is 55.0 Å². The van der Waals surface area contributed by atoms with E-state index in [2.05, 4.69) is 33.1 Å². The number of halogens is 2. The van der Waals surface area contributed by atoms with Gasteiger partial charge in [0.1, 0.15) is 11.5 Å². The Balaban J connectivity index is 2.44. The average Bonchev–Trinajstić information content (AvgIpc) is 2.33. The zero-order valence-corrected chi connectivity index (χ0v) is 12.4. The van der Waals surface area contributed by atoms with E-state index in [0.717, 1.165) is 0 Å². The van der Waals surface area contributed by atoms with Crippen LogP contribution < -0.4 is 5.32 Å². The summed E-state index contributed by atoms with van der Waals surface area (Å²) in [5.74, 6) is 5.57. The van der Waals surface area contributed by atoms with Crippen molar-refractivity contribution >= 4 is 15.9 Å². The quantitative estimate of drug-likeness (QED) is 0.523. The molecule has 1 aromatic rings. The van der Waals surface area contributed by atoms with Crippen LogP contribution in [0, 0.1) is 17.7 Å². The molecule has 0 aliphatic carbocycles. The molecule has 0 aliphatic heterocycles. The predicted octanol–water partition coefficient (Wildman–Crippen LogP) is 3.30. The van der Waals surface area contributed by atoms with Crippen LogP contribution in [0.4, 0.5) is 4.39 Å². The summed E-state index contributed by atoms with van der Waals surface area (Å²) in [7, 11) is 1.84. The lowest BCUT2D eigenvalue weighted by Crippen LogP contribution is -2.39. The highest BCUT2D eigenvalue weighted by molar-refractivity contribution is 9.10. The normalized spacial score (nSPS) is 10.9. The zero-order valence-electron chi connectivity index (χ0n) is 10.8. The number of ether oxygens (including phenoxy) is 1. The molecule has 0 unspecified atom stereocenters. The van der Waals surface area contributed by atoms with E-state index < -0.39 is 0 Å². The molecule has 0 aromatic heterocycles. The van der Waals surface area contributed by atoms with Gasteiger partial charge in [0.2, 0.25) is 0 Å². The highest BCUT2D eigenvalue weighted by atomic mass is 79.9. The van der Waals surface area contributed by atoms with Gasteiger partial charge in [-0.3, -0.25) is 5.32 Å². The molecule has 0 saturated heterocycles. The standard InChI is InChI=1S/C14H17BrFNO/c1-14(2,17-3)18-9-5-4-6-11-7-8-12(15)13(16)10-11/h7-8,10,17H,5,9H2,1-3H3. The van der Waals surface area contributed by atoms with Crippen LogP contribution in [0.25, 0.3) is 0 Å². The van der Waals surface area contributed by atoms with Gasteiger partial charge in [0.15, 0.2) is 0 Å². The average molecular weight is 314 g/mol. The number of hydrogen-bond acceptors (Lipinski definition) is 2. The van der Waals surface area contributed by atoms with E-state index in [1.54, 1.807) is 12.1 Å². The predicted molar refractivity (Wildman–Crippen MR) is 74.7 cm³/mol. The summed E-state index contributed by atoms with van der Waals surface area (Å²) in [5, 5.41) is 3.04. The highest BCUT2D eigenvalue weighted by Gasteiger charge is 2.13. The summed E-state index contributed by atoms with van der Waals surface area (Å²) in [6.07, 6.45) is 0.614. The van der Waals surface area contributed by atoms with Gasteiger partial charge in [-0.1, -0.05) is 11.8 Å². The second kappa shape index (κ2) is 6.89. The molecule has 0 bridgehead atoms. The monoisotopic (exact) mass is 313 g/mol. The first kappa shape index (κ1) is 15.2. The van der Waals surface area contributed by atoms with E-state index in [1.165, 1.54) is 6.07 Å². The Hall–Kier alpha value is -0.890. The molecule has 0 heterocycles. The first-order valence-corrected chi connectivity index (χ1v) is 6.51. The maximum absolute atomic E-state index is 13.2. The van der Waals surface area contributed by atoms with Crippen molar-refractivity contribution in [3.8, 4) is 11.8 Å². The molecule has 0 aliphatic rings. The first-order valence-electron chi connectivity index (χ1n) is 5.71. The number of rotatable bonds is 4. The Morgan fingerprint density at radius 1 is 1.44 bits per heavy atom. The number of hydrogen-bond donors (Lipinski definition) is 1. The van der Waals surface area contributed by atoms with Gasteiger partial charge < -0.3 is 4.74 Å². The Kier molecular flexibility index (Phi) is 5.80. The Bertz CT molecular complexity index is 463. The molecule has 2 nitrogen and oxygen atoms in total. The van der Waals surface area contributed by atoms with Crippen molar-refractivity contribution in [2.45, 2.75) is 26.0 Å². The van der Waals surface area contributed by atoms with E-state index in [-0.39, 0.29) is 11.5 Å². The molecule has 4 heteroatoms. The lowest BCUT2D eigenvalue weighted by molar-refractivity contribution is -0.0345. The van der Waals surface area contributed by atoms with E-state index in [9.17, 15) is 4.39 Å². The smallest absolute Gasteiger partial charge is 0.138 e. The van der Waals surface area contributed by atoms with Crippen LogP contribution in [0.5, 0.6) is 0 Å². The van der Waals surface area contributed by atoms with Crippen LogP contribution in [0.3, 0.4) is 0 Å². The van der Waals surface area contributed by atoms with Gasteiger partial charge in [-0.2, -0.15) is 0 Å². The zero-order chi connectivity index (χ0) is 13.6. The molecular formula is C14H17BrFNO. The molecule has 0 atom stereocenters. The molecule has 1 aromatic carbocycles. The van der Waals surface area contributed by atoms with E-state index in [1.807, 2.05) is 20.9 Å². The SMILES string of the molecule is CNC(C)(C)OCCC#Cc1ccc(Br)c(F)c1. The van der Waals surface area contributed by atoms with Crippen LogP contribution in [0.2, 0.25) is 0 Å².